The fourth-order valence-corrected chi connectivity index (χ4v) is 8.08. The van der Waals surface area contributed by atoms with Gasteiger partial charge in [-0.05, 0) is 59.7 Å². The molecule has 1 aliphatic carbocycles. The first-order valence-electron chi connectivity index (χ1n) is 17.8. The number of hydrogen-bond acceptors (Lipinski definition) is 9. The van der Waals surface area contributed by atoms with Crippen molar-refractivity contribution < 1.29 is 19.1 Å². The number of piperazine rings is 1. The van der Waals surface area contributed by atoms with Crippen LogP contribution in [0.2, 0.25) is 0 Å². The molecule has 0 bridgehead atoms. The molecule has 0 atom stereocenters. The zero-order valence-corrected chi connectivity index (χ0v) is 29.8. The van der Waals surface area contributed by atoms with E-state index >= 15 is 0 Å². The van der Waals surface area contributed by atoms with Crippen LogP contribution < -0.4 is 20.7 Å². The Morgan fingerprint density at radius 2 is 1.82 bits per heavy atom. The number of nitrogens with zero attached hydrogens (tertiary/aromatic N) is 6. The number of pyridine rings is 2. The number of nitrogens with one attached hydrogen (secondary N) is 1. The topological polar surface area (TPSA) is 114 Å². The second kappa shape index (κ2) is 13.0. The summed E-state index contributed by atoms with van der Waals surface area (Å²) in [5.74, 6) is 0.0759. The molecule has 0 spiro atoms. The van der Waals surface area contributed by atoms with Crippen LogP contribution in [-0.2, 0) is 47.3 Å². The Labute approximate surface area is 297 Å². The molecular formula is C39H45N7O5. The van der Waals surface area contributed by atoms with Crippen LogP contribution in [0, 0.1) is 5.41 Å². The smallest absolute Gasteiger partial charge is 0.302 e. The molecule has 2 fully saturated rings. The lowest BCUT2D eigenvalue weighted by molar-refractivity contribution is -0.142. The first-order chi connectivity index (χ1) is 24.5. The number of carbonyl (C=O) groups is 2. The molecule has 0 saturated carbocycles. The van der Waals surface area contributed by atoms with Crippen LogP contribution in [0.1, 0.15) is 48.1 Å². The standard InChI is InChI=1S/C39H45N7O5/c1-25(47)51-24-31-30(6-5-7-33(31)46-15-14-45-34(38(46)49)17-26-18-39(2,3)19-35(26)45)27-16-32(37(48)42(4)21-27)41-36-9-8-28(20-40-36)43-10-12-44(13-11-43)29-22-50-23-29/h5-9,16-17,20-21,29H,10-15,18-19,22-24H2,1-4H3,(H,40,41). The van der Waals surface area contributed by atoms with Crippen LogP contribution in [-0.4, -0.2) is 82.9 Å². The predicted octanol–water partition coefficient (Wildman–Crippen LogP) is 4.36. The molecule has 2 saturated heterocycles. The van der Waals surface area contributed by atoms with Gasteiger partial charge in [0.25, 0.3) is 11.5 Å². The Hall–Kier alpha value is -4.94. The average molecular weight is 692 g/mol. The second-order valence-corrected chi connectivity index (χ2v) is 15.0. The van der Waals surface area contributed by atoms with E-state index < -0.39 is 5.97 Å². The average Bonchev–Trinajstić information content (AvgIpc) is 3.58. The van der Waals surface area contributed by atoms with Crippen molar-refractivity contribution >= 4 is 34.8 Å². The van der Waals surface area contributed by atoms with Crippen LogP contribution in [0.5, 0.6) is 0 Å². The molecule has 4 aliphatic rings. The first kappa shape index (κ1) is 33.2. The number of fused-ring (bicyclic) bond motifs is 3. The lowest BCUT2D eigenvalue weighted by Gasteiger charge is -2.43. The number of ether oxygens (including phenoxy) is 2. The molecule has 266 valence electrons. The normalized spacial score (nSPS) is 18.7. The molecule has 1 N–H and O–H groups in total. The molecule has 8 rings (SSSR count). The van der Waals surface area contributed by atoms with Crippen LogP contribution in [0.4, 0.5) is 22.9 Å². The van der Waals surface area contributed by atoms with E-state index in [2.05, 4.69) is 44.6 Å². The summed E-state index contributed by atoms with van der Waals surface area (Å²) >= 11 is 0. The second-order valence-electron chi connectivity index (χ2n) is 15.0. The van der Waals surface area contributed by atoms with Gasteiger partial charge in [-0.25, -0.2) is 4.98 Å². The van der Waals surface area contributed by atoms with Gasteiger partial charge in [0.2, 0.25) is 0 Å². The summed E-state index contributed by atoms with van der Waals surface area (Å²) in [5.41, 5.74) is 7.52. The number of aromatic nitrogens is 3. The van der Waals surface area contributed by atoms with Crippen molar-refractivity contribution in [2.45, 2.75) is 52.8 Å². The number of hydrogen-bond donors (Lipinski definition) is 1. The van der Waals surface area contributed by atoms with Crippen molar-refractivity contribution in [3.8, 4) is 11.1 Å². The van der Waals surface area contributed by atoms with Gasteiger partial charge in [-0.2, -0.15) is 0 Å². The van der Waals surface area contributed by atoms with Gasteiger partial charge in [0.15, 0.2) is 0 Å². The molecule has 1 aromatic carbocycles. The largest absolute Gasteiger partial charge is 0.461 e. The maximum absolute atomic E-state index is 14.1. The highest BCUT2D eigenvalue weighted by molar-refractivity contribution is 6.07. The minimum absolute atomic E-state index is 0.0202. The number of amides is 1. The van der Waals surface area contributed by atoms with Crippen molar-refractivity contribution in [3.63, 3.8) is 0 Å². The third-order valence-electron chi connectivity index (χ3n) is 10.8. The molecule has 51 heavy (non-hydrogen) atoms. The summed E-state index contributed by atoms with van der Waals surface area (Å²) in [6, 6.07) is 14.1. The molecular weight excluding hydrogens is 646 g/mol. The van der Waals surface area contributed by atoms with E-state index in [-0.39, 0.29) is 23.5 Å². The highest BCUT2D eigenvalue weighted by Crippen LogP contribution is 2.41. The van der Waals surface area contributed by atoms with E-state index in [4.69, 9.17) is 9.47 Å². The van der Waals surface area contributed by atoms with Gasteiger partial charge in [-0.3, -0.25) is 19.3 Å². The van der Waals surface area contributed by atoms with Crippen LogP contribution in [0.3, 0.4) is 0 Å². The number of benzene rings is 1. The lowest BCUT2D eigenvalue weighted by atomic mass is 9.90. The van der Waals surface area contributed by atoms with Crippen molar-refractivity contribution in [1.82, 2.24) is 19.0 Å². The fraction of sp³-hybridized carbons (Fsp3) is 0.436. The summed E-state index contributed by atoms with van der Waals surface area (Å²) in [4.78, 5) is 50.8. The van der Waals surface area contributed by atoms with Crippen LogP contribution >= 0.6 is 0 Å². The summed E-state index contributed by atoms with van der Waals surface area (Å²) in [7, 11) is 1.71. The molecule has 0 unspecified atom stereocenters. The van der Waals surface area contributed by atoms with Gasteiger partial charge in [-0.1, -0.05) is 26.0 Å². The maximum Gasteiger partial charge on any atom is 0.302 e. The monoisotopic (exact) mass is 691 g/mol. The summed E-state index contributed by atoms with van der Waals surface area (Å²) in [5, 5.41) is 3.24. The summed E-state index contributed by atoms with van der Waals surface area (Å²) in [6.07, 6.45) is 5.53. The molecule has 4 aromatic rings. The van der Waals surface area contributed by atoms with Crippen molar-refractivity contribution in [3.05, 3.63) is 87.7 Å². The van der Waals surface area contributed by atoms with Crippen molar-refractivity contribution in [1.29, 1.82) is 0 Å². The Kier molecular flexibility index (Phi) is 8.46. The summed E-state index contributed by atoms with van der Waals surface area (Å²) in [6.45, 7) is 12.6. The van der Waals surface area contributed by atoms with Gasteiger partial charge in [0, 0.05) is 76.3 Å². The molecule has 0 radical (unpaired) electrons. The van der Waals surface area contributed by atoms with E-state index in [9.17, 15) is 14.4 Å². The molecule has 1 amide bonds. The van der Waals surface area contributed by atoms with E-state index in [0.29, 0.717) is 47.6 Å². The van der Waals surface area contributed by atoms with E-state index in [1.54, 1.807) is 24.2 Å². The number of anilines is 4. The Balaban J connectivity index is 1.06. The van der Waals surface area contributed by atoms with Crippen molar-refractivity contribution in [2.75, 3.05) is 61.1 Å². The molecule has 6 heterocycles. The number of aryl methyl sites for hydroxylation is 1. The molecule has 3 aliphatic heterocycles. The van der Waals surface area contributed by atoms with Gasteiger partial charge < -0.3 is 33.7 Å². The minimum atomic E-state index is -0.416. The minimum Gasteiger partial charge on any atom is -0.461 e. The number of carbonyl (C=O) groups excluding carboxylic acids is 2. The fourth-order valence-electron chi connectivity index (χ4n) is 8.08. The van der Waals surface area contributed by atoms with E-state index in [1.807, 2.05) is 36.5 Å². The first-order valence-corrected chi connectivity index (χ1v) is 17.8. The van der Waals surface area contributed by atoms with E-state index in [0.717, 1.165) is 69.0 Å². The number of esters is 1. The maximum atomic E-state index is 14.1. The SMILES string of the molecule is CC(=O)OCc1c(-c2cc(Nc3ccc(N4CCN(C5COC5)CC4)cn3)c(=O)n(C)c2)cccc1N1CCn2c(cc3c2CC(C)(C)C3)C1=O. The zero-order valence-electron chi connectivity index (χ0n) is 29.8. The highest BCUT2D eigenvalue weighted by Gasteiger charge is 2.37. The Morgan fingerprint density at radius 3 is 2.53 bits per heavy atom. The predicted molar refractivity (Wildman–Crippen MR) is 196 cm³/mol. The lowest BCUT2D eigenvalue weighted by Crippen LogP contribution is -2.56. The Morgan fingerprint density at radius 1 is 1.02 bits per heavy atom. The zero-order chi connectivity index (χ0) is 35.4. The quantitative estimate of drug-likeness (QED) is 0.269. The highest BCUT2D eigenvalue weighted by atomic mass is 16.5. The molecule has 12 heteroatoms. The summed E-state index contributed by atoms with van der Waals surface area (Å²) < 4.78 is 14.7. The molecule has 3 aromatic heterocycles. The Bertz CT molecular complexity index is 2050. The van der Waals surface area contributed by atoms with Gasteiger partial charge >= 0.3 is 5.97 Å². The van der Waals surface area contributed by atoms with Crippen molar-refractivity contribution in [2.24, 2.45) is 12.5 Å². The third-order valence-corrected chi connectivity index (χ3v) is 10.8. The van der Waals surface area contributed by atoms with E-state index in [1.165, 1.54) is 22.7 Å². The molecule has 12 nitrogen and oxygen atoms in total. The number of rotatable bonds is 8. The van der Waals surface area contributed by atoms with Gasteiger partial charge in [0.05, 0.1) is 36.8 Å². The van der Waals surface area contributed by atoms with Crippen LogP contribution in [0.25, 0.3) is 11.1 Å². The van der Waals surface area contributed by atoms with Gasteiger partial charge in [-0.15, -0.1) is 0 Å². The van der Waals surface area contributed by atoms with Gasteiger partial charge in [0.1, 0.15) is 23.8 Å². The van der Waals surface area contributed by atoms with Crippen LogP contribution in [0.15, 0.2) is 59.7 Å². The third kappa shape index (κ3) is 6.31.